The first-order valence-corrected chi connectivity index (χ1v) is 8.80. The molecule has 0 aromatic heterocycles. The van der Waals surface area contributed by atoms with Crippen molar-refractivity contribution >= 4 is 10.0 Å². The molecule has 118 valence electrons. The lowest BCUT2D eigenvalue weighted by atomic mass is 9.97. The summed E-state index contributed by atoms with van der Waals surface area (Å²) in [4.78, 5) is 0.186. The minimum Gasteiger partial charge on any atom is -0.330 e. The fourth-order valence-corrected chi connectivity index (χ4v) is 4.85. The van der Waals surface area contributed by atoms with E-state index < -0.39 is 15.8 Å². The van der Waals surface area contributed by atoms with Crippen molar-refractivity contribution in [3.8, 4) is 0 Å². The number of aryl methyl sites for hydroxylation is 2. The van der Waals surface area contributed by atoms with Crippen LogP contribution in [0.3, 0.4) is 0 Å². The molecule has 4 nitrogen and oxygen atoms in total. The molecule has 6 heteroatoms. The zero-order valence-electron chi connectivity index (χ0n) is 12.5. The smallest absolute Gasteiger partial charge is 0.241 e. The fraction of sp³-hybridized carbons (Fsp3) is 0.600. The van der Waals surface area contributed by atoms with Crippen molar-refractivity contribution < 1.29 is 12.8 Å². The first-order valence-electron chi connectivity index (χ1n) is 7.31. The summed E-state index contributed by atoms with van der Waals surface area (Å²) < 4.78 is 40.9. The summed E-state index contributed by atoms with van der Waals surface area (Å²) in [5, 5.41) is 0. The molecule has 1 aromatic rings. The molecule has 3 N–H and O–H groups in total. The second-order valence-electron chi connectivity index (χ2n) is 5.91. The van der Waals surface area contributed by atoms with Gasteiger partial charge in [-0.15, -0.1) is 0 Å². The summed E-state index contributed by atoms with van der Waals surface area (Å²) in [5.74, 6) is 0.275. The van der Waals surface area contributed by atoms with E-state index in [9.17, 15) is 12.8 Å². The molecule has 0 heterocycles. The van der Waals surface area contributed by atoms with Crippen LogP contribution >= 0.6 is 0 Å². The Morgan fingerprint density at radius 1 is 1.24 bits per heavy atom. The maximum Gasteiger partial charge on any atom is 0.241 e. The lowest BCUT2D eigenvalue weighted by Gasteiger charge is -2.19. The van der Waals surface area contributed by atoms with Crippen LogP contribution in [-0.2, 0) is 10.0 Å². The molecule has 0 radical (unpaired) electrons. The molecule has 0 bridgehead atoms. The second-order valence-corrected chi connectivity index (χ2v) is 7.61. The molecule has 1 aliphatic carbocycles. The first kappa shape index (κ1) is 16.4. The van der Waals surface area contributed by atoms with Gasteiger partial charge in [-0.25, -0.2) is 17.5 Å². The third-order valence-corrected chi connectivity index (χ3v) is 6.08. The van der Waals surface area contributed by atoms with Crippen molar-refractivity contribution in [1.29, 1.82) is 0 Å². The van der Waals surface area contributed by atoms with E-state index in [1.807, 2.05) is 0 Å². The van der Waals surface area contributed by atoms with E-state index in [0.29, 0.717) is 36.1 Å². The normalized spacial score (nSPS) is 22.7. The number of nitrogens with one attached hydrogen (secondary N) is 1. The lowest BCUT2D eigenvalue weighted by molar-refractivity contribution is 0.393. The molecule has 21 heavy (non-hydrogen) atoms. The van der Waals surface area contributed by atoms with Gasteiger partial charge < -0.3 is 5.73 Å². The monoisotopic (exact) mass is 314 g/mol. The number of benzene rings is 1. The fourth-order valence-electron chi connectivity index (χ4n) is 3.30. The average molecular weight is 314 g/mol. The number of rotatable bonds is 5. The summed E-state index contributed by atoms with van der Waals surface area (Å²) in [7, 11) is -3.61. The van der Waals surface area contributed by atoms with Crippen LogP contribution in [0.15, 0.2) is 17.0 Å². The molecule has 1 aromatic carbocycles. The Morgan fingerprint density at radius 2 is 1.81 bits per heavy atom. The van der Waals surface area contributed by atoms with E-state index in [0.717, 1.165) is 19.3 Å². The van der Waals surface area contributed by atoms with E-state index in [4.69, 9.17) is 5.73 Å². The summed E-state index contributed by atoms with van der Waals surface area (Å²) in [6.07, 6.45) is 3.17. The van der Waals surface area contributed by atoms with Gasteiger partial charge in [-0.1, -0.05) is 6.42 Å². The number of hydrogen-bond donors (Lipinski definition) is 2. The Morgan fingerprint density at radius 3 is 2.38 bits per heavy atom. The molecular formula is C15H23FN2O2S. The third-order valence-electron chi connectivity index (χ3n) is 4.35. The predicted octanol–water partition coefficient (Wildman–Crippen LogP) is 2.10. The highest BCUT2D eigenvalue weighted by atomic mass is 32.2. The molecule has 2 atom stereocenters. The van der Waals surface area contributed by atoms with E-state index in [1.54, 1.807) is 13.8 Å². The van der Waals surface area contributed by atoms with Crippen LogP contribution < -0.4 is 10.5 Å². The average Bonchev–Trinajstić information content (AvgIpc) is 2.82. The van der Waals surface area contributed by atoms with E-state index in [2.05, 4.69) is 4.72 Å². The van der Waals surface area contributed by atoms with Gasteiger partial charge in [0.25, 0.3) is 0 Å². The standard InChI is InChI=1S/C15H23FN2O2S/c1-10-6-14(16)7-11(2)15(10)21(19,20)18-9-13-5-3-4-12(13)8-17/h6-7,12-13,18H,3-5,8-9,17H2,1-2H3. The maximum absolute atomic E-state index is 13.3. The molecule has 0 spiro atoms. The van der Waals surface area contributed by atoms with Crippen molar-refractivity contribution in [2.45, 2.75) is 38.0 Å². The molecule has 1 saturated carbocycles. The molecule has 1 aliphatic rings. The van der Waals surface area contributed by atoms with Crippen LogP contribution in [0.4, 0.5) is 4.39 Å². The highest BCUT2D eigenvalue weighted by Crippen LogP contribution is 2.31. The minimum atomic E-state index is -3.61. The largest absolute Gasteiger partial charge is 0.330 e. The summed E-state index contributed by atoms with van der Waals surface area (Å²) in [6, 6.07) is 2.50. The Balaban J connectivity index is 2.16. The van der Waals surface area contributed by atoms with Gasteiger partial charge in [0.1, 0.15) is 5.82 Å². The van der Waals surface area contributed by atoms with Crippen LogP contribution in [0.25, 0.3) is 0 Å². The summed E-state index contributed by atoms with van der Waals surface area (Å²) in [5.41, 5.74) is 6.59. The Bertz CT molecular complexity index is 593. The van der Waals surface area contributed by atoms with Crippen LogP contribution in [0.1, 0.15) is 30.4 Å². The van der Waals surface area contributed by atoms with Crippen molar-refractivity contribution in [2.24, 2.45) is 17.6 Å². The first-order chi connectivity index (χ1) is 9.85. The van der Waals surface area contributed by atoms with Gasteiger partial charge in [0.2, 0.25) is 10.0 Å². The van der Waals surface area contributed by atoms with Gasteiger partial charge in [0.15, 0.2) is 0 Å². The van der Waals surface area contributed by atoms with Gasteiger partial charge in [-0.2, -0.15) is 0 Å². The molecular weight excluding hydrogens is 291 g/mol. The number of nitrogens with two attached hydrogens (primary N) is 1. The van der Waals surface area contributed by atoms with Gasteiger partial charge in [-0.3, -0.25) is 0 Å². The van der Waals surface area contributed by atoms with Crippen LogP contribution in [0.2, 0.25) is 0 Å². The molecule has 2 rings (SSSR count). The summed E-state index contributed by atoms with van der Waals surface area (Å²) in [6.45, 7) is 4.23. The number of halogens is 1. The Kier molecular flexibility index (Phi) is 5.01. The Labute approximate surface area is 126 Å². The quantitative estimate of drug-likeness (QED) is 0.874. The Hall–Kier alpha value is -0.980. The lowest BCUT2D eigenvalue weighted by Crippen LogP contribution is -2.33. The van der Waals surface area contributed by atoms with Gasteiger partial charge in [0.05, 0.1) is 4.90 Å². The van der Waals surface area contributed by atoms with E-state index in [-0.39, 0.29) is 4.90 Å². The van der Waals surface area contributed by atoms with Gasteiger partial charge in [0, 0.05) is 6.54 Å². The highest BCUT2D eigenvalue weighted by Gasteiger charge is 2.28. The predicted molar refractivity (Wildman–Crippen MR) is 80.9 cm³/mol. The second kappa shape index (κ2) is 6.42. The summed E-state index contributed by atoms with van der Waals surface area (Å²) >= 11 is 0. The molecule has 0 saturated heterocycles. The van der Waals surface area contributed by atoms with Crippen molar-refractivity contribution in [2.75, 3.05) is 13.1 Å². The van der Waals surface area contributed by atoms with Crippen LogP contribution in [0.5, 0.6) is 0 Å². The van der Waals surface area contributed by atoms with Gasteiger partial charge >= 0.3 is 0 Å². The van der Waals surface area contributed by atoms with Crippen molar-refractivity contribution in [1.82, 2.24) is 4.72 Å². The third kappa shape index (κ3) is 3.62. The van der Waals surface area contributed by atoms with Crippen LogP contribution in [0, 0.1) is 31.5 Å². The van der Waals surface area contributed by atoms with Crippen LogP contribution in [-0.4, -0.2) is 21.5 Å². The van der Waals surface area contributed by atoms with Gasteiger partial charge in [-0.05, 0) is 68.3 Å². The molecule has 0 aliphatic heterocycles. The molecule has 1 fully saturated rings. The van der Waals surface area contributed by atoms with Crippen molar-refractivity contribution in [3.05, 3.63) is 29.1 Å². The molecule has 2 unspecified atom stereocenters. The van der Waals surface area contributed by atoms with E-state index in [1.165, 1.54) is 12.1 Å². The minimum absolute atomic E-state index is 0.186. The zero-order chi connectivity index (χ0) is 15.6. The van der Waals surface area contributed by atoms with E-state index >= 15 is 0 Å². The zero-order valence-corrected chi connectivity index (χ0v) is 13.3. The SMILES string of the molecule is Cc1cc(F)cc(C)c1S(=O)(=O)NCC1CCCC1CN. The molecule has 0 amide bonds. The topological polar surface area (TPSA) is 72.2 Å². The number of sulfonamides is 1. The number of hydrogen-bond acceptors (Lipinski definition) is 3. The van der Waals surface area contributed by atoms with Crippen molar-refractivity contribution in [3.63, 3.8) is 0 Å². The highest BCUT2D eigenvalue weighted by molar-refractivity contribution is 7.89. The maximum atomic E-state index is 13.3.